The van der Waals surface area contributed by atoms with Crippen molar-refractivity contribution >= 4 is 21.8 Å². The van der Waals surface area contributed by atoms with Crippen molar-refractivity contribution in [3.8, 4) is 17.1 Å². The maximum atomic E-state index is 12.3. The summed E-state index contributed by atoms with van der Waals surface area (Å²) < 4.78 is 7.89. The molecule has 0 aliphatic rings. The fraction of sp³-hybridized carbons (Fsp3) is 0.143. The first kappa shape index (κ1) is 19.1. The summed E-state index contributed by atoms with van der Waals surface area (Å²) >= 11 is 3.42. The molecular weight excluding hydrogens is 434 g/mol. The lowest BCUT2D eigenvalue weighted by atomic mass is 10.1. The zero-order valence-electron chi connectivity index (χ0n) is 15.7. The first-order chi connectivity index (χ1) is 14.1. The van der Waals surface area contributed by atoms with Gasteiger partial charge in [0.05, 0.1) is 16.9 Å². The van der Waals surface area contributed by atoms with E-state index in [1.165, 1.54) is 0 Å². The number of nitrogens with one attached hydrogen (secondary N) is 1. The Kier molecular flexibility index (Phi) is 5.53. The van der Waals surface area contributed by atoms with E-state index >= 15 is 0 Å². The number of nitrogens with zero attached hydrogens (tertiary/aromatic N) is 4. The molecule has 0 fully saturated rings. The van der Waals surface area contributed by atoms with Gasteiger partial charge in [-0.15, -0.1) is 0 Å². The van der Waals surface area contributed by atoms with Gasteiger partial charge in [-0.2, -0.15) is 10.1 Å². The van der Waals surface area contributed by atoms with E-state index in [2.05, 4.69) is 36.5 Å². The molecule has 4 aromatic rings. The Bertz CT molecular complexity index is 1120. The van der Waals surface area contributed by atoms with Gasteiger partial charge in [0.25, 0.3) is 0 Å². The minimum atomic E-state index is -0.391. The van der Waals surface area contributed by atoms with E-state index in [1.54, 1.807) is 4.68 Å². The van der Waals surface area contributed by atoms with Crippen LogP contribution in [0.15, 0.2) is 69.8 Å². The molecule has 0 saturated carbocycles. The van der Waals surface area contributed by atoms with Gasteiger partial charge in [-0.05, 0) is 43.2 Å². The maximum absolute atomic E-state index is 12.3. The highest BCUT2D eigenvalue weighted by Crippen LogP contribution is 2.22. The lowest BCUT2D eigenvalue weighted by molar-refractivity contribution is 0.0910. The average Bonchev–Trinajstić information content (AvgIpc) is 3.36. The fourth-order valence-electron chi connectivity index (χ4n) is 2.87. The molecule has 0 spiro atoms. The summed E-state index contributed by atoms with van der Waals surface area (Å²) in [6.07, 6.45) is 2.55. The summed E-state index contributed by atoms with van der Waals surface area (Å²) in [6.45, 7) is 2.35. The number of halogens is 1. The average molecular weight is 452 g/mol. The number of carbonyl (C=O) groups is 1. The number of hydrogen-bond acceptors (Lipinski definition) is 5. The van der Waals surface area contributed by atoms with Crippen molar-refractivity contribution in [2.45, 2.75) is 13.3 Å². The Morgan fingerprint density at radius 3 is 2.66 bits per heavy atom. The number of carbonyl (C=O) groups excluding carboxylic acids is 1. The van der Waals surface area contributed by atoms with Crippen LogP contribution in [0.1, 0.15) is 21.9 Å². The number of rotatable bonds is 6. The van der Waals surface area contributed by atoms with Gasteiger partial charge in [0.1, 0.15) is 0 Å². The predicted molar refractivity (Wildman–Crippen MR) is 112 cm³/mol. The standard InChI is InChI=1S/C21H18BrN5O2/c1-14-18(13-27(25-14)17-9-7-16(22)8-10-17)19-24-21(29-26-19)20(28)23-12-11-15-5-3-2-4-6-15/h2-10,13H,11-12H2,1H3,(H,23,28). The molecule has 2 aromatic heterocycles. The molecule has 1 amide bonds. The van der Waals surface area contributed by atoms with E-state index in [9.17, 15) is 4.79 Å². The van der Waals surface area contributed by atoms with E-state index < -0.39 is 5.91 Å². The lowest BCUT2D eigenvalue weighted by Crippen LogP contribution is -2.25. The highest BCUT2D eigenvalue weighted by Gasteiger charge is 2.19. The van der Waals surface area contributed by atoms with Gasteiger partial charge in [0.15, 0.2) is 0 Å². The summed E-state index contributed by atoms with van der Waals surface area (Å²) in [4.78, 5) is 16.5. The van der Waals surface area contributed by atoms with Crippen LogP contribution in [0.25, 0.3) is 17.1 Å². The summed E-state index contributed by atoms with van der Waals surface area (Å²) in [5.41, 5.74) is 3.50. The molecule has 2 heterocycles. The summed E-state index contributed by atoms with van der Waals surface area (Å²) in [5.74, 6) is -0.124. The molecule has 0 aliphatic carbocycles. The van der Waals surface area contributed by atoms with Crippen molar-refractivity contribution in [3.63, 3.8) is 0 Å². The third-order valence-corrected chi connectivity index (χ3v) is 4.92. The van der Waals surface area contributed by atoms with Gasteiger partial charge < -0.3 is 9.84 Å². The Balaban J connectivity index is 1.44. The van der Waals surface area contributed by atoms with Gasteiger partial charge in [-0.1, -0.05) is 51.4 Å². The molecule has 0 atom stereocenters. The highest BCUT2D eigenvalue weighted by molar-refractivity contribution is 9.10. The molecule has 2 aromatic carbocycles. The number of amides is 1. The van der Waals surface area contributed by atoms with Crippen molar-refractivity contribution in [2.75, 3.05) is 6.54 Å². The third-order valence-electron chi connectivity index (χ3n) is 4.39. The van der Waals surface area contributed by atoms with Crippen molar-refractivity contribution in [2.24, 2.45) is 0 Å². The van der Waals surface area contributed by atoms with E-state index in [1.807, 2.05) is 67.7 Å². The molecule has 146 valence electrons. The molecule has 0 bridgehead atoms. The largest absolute Gasteiger partial charge is 0.347 e. The molecule has 0 unspecified atom stereocenters. The topological polar surface area (TPSA) is 85.8 Å². The second-order valence-electron chi connectivity index (χ2n) is 6.46. The number of aromatic nitrogens is 4. The van der Waals surface area contributed by atoms with Crippen LogP contribution >= 0.6 is 15.9 Å². The molecule has 0 aliphatic heterocycles. The monoisotopic (exact) mass is 451 g/mol. The van der Waals surface area contributed by atoms with Gasteiger partial charge >= 0.3 is 11.8 Å². The smallest absolute Gasteiger partial charge is 0.316 e. The predicted octanol–water partition coefficient (Wildman–Crippen LogP) is 3.97. The van der Waals surface area contributed by atoms with Crippen LogP contribution in [-0.4, -0.2) is 32.4 Å². The molecule has 0 saturated heterocycles. The zero-order chi connectivity index (χ0) is 20.2. The van der Waals surface area contributed by atoms with Gasteiger partial charge in [-0.25, -0.2) is 4.68 Å². The van der Waals surface area contributed by atoms with Crippen LogP contribution in [0.5, 0.6) is 0 Å². The van der Waals surface area contributed by atoms with Crippen LogP contribution in [-0.2, 0) is 6.42 Å². The highest BCUT2D eigenvalue weighted by atomic mass is 79.9. The van der Waals surface area contributed by atoms with Crippen LogP contribution < -0.4 is 5.32 Å². The molecule has 29 heavy (non-hydrogen) atoms. The van der Waals surface area contributed by atoms with Gasteiger partial charge in [0.2, 0.25) is 5.82 Å². The minimum Gasteiger partial charge on any atom is -0.347 e. The fourth-order valence-corrected chi connectivity index (χ4v) is 3.14. The second kappa shape index (κ2) is 8.40. The number of aryl methyl sites for hydroxylation is 1. The van der Waals surface area contributed by atoms with Gasteiger partial charge in [-0.3, -0.25) is 4.79 Å². The summed E-state index contributed by atoms with van der Waals surface area (Å²) in [6, 6.07) is 17.7. The maximum Gasteiger partial charge on any atom is 0.316 e. The Hall–Kier alpha value is -3.26. The third kappa shape index (κ3) is 4.43. The van der Waals surface area contributed by atoms with E-state index in [4.69, 9.17) is 4.52 Å². The van der Waals surface area contributed by atoms with Crippen LogP contribution in [0, 0.1) is 6.92 Å². The lowest BCUT2D eigenvalue weighted by Gasteiger charge is -2.02. The SMILES string of the molecule is Cc1nn(-c2ccc(Br)cc2)cc1-c1noc(C(=O)NCCc2ccccc2)n1. The Labute approximate surface area is 175 Å². The Morgan fingerprint density at radius 1 is 1.14 bits per heavy atom. The van der Waals surface area contributed by atoms with E-state index in [-0.39, 0.29) is 5.89 Å². The van der Waals surface area contributed by atoms with E-state index in [0.29, 0.717) is 17.9 Å². The molecule has 4 rings (SSSR count). The first-order valence-corrected chi connectivity index (χ1v) is 9.88. The van der Waals surface area contributed by atoms with Crippen molar-refractivity contribution in [1.29, 1.82) is 0 Å². The molecule has 0 radical (unpaired) electrons. The molecule has 1 N–H and O–H groups in total. The molecular formula is C21H18BrN5O2. The second-order valence-corrected chi connectivity index (χ2v) is 7.38. The van der Waals surface area contributed by atoms with Crippen LogP contribution in [0.4, 0.5) is 0 Å². The zero-order valence-corrected chi connectivity index (χ0v) is 17.3. The quantitative estimate of drug-likeness (QED) is 0.479. The normalized spacial score (nSPS) is 10.8. The Morgan fingerprint density at radius 2 is 1.90 bits per heavy atom. The van der Waals surface area contributed by atoms with Crippen molar-refractivity contribution in [1.82, 2.24) is 25.2 Å². The summed E-state index contributed by atoms with van der Waals surface area (Å²) in [5, 5.41) is 11.3. The number of hydrogen-bond donors (Lipinski definition) is 1. The number of benzene rings is 2. The first-order valence-electron chi connectivity index (χ1n) is 9.08. The van der Waals surface area contributed by atoms with Crippen molar-refractivity contribution in [3.05, 3.63) is 82.4 Å². The molecule has 8 heteroatoms. The molecule has 7 nitrogen and oxygen atoms in total. The van der Waals surface area contributed by atoms with E-state index in [0.717, 1.165) is 27.8 Å². The van der Waals surface area contributed by atoms with Crippen LogP contribution in [0.3, 0.4) is 0 Å². The van der Waals surface area contributed by atoms with Gasteiger partial charge in [0, 0.05) is 17.2 Å². The van der Waals surface area contributed by atoms with Crippen molar-refractivity contribution < 1.29 is 9.32 Å². The minimum absolute atomic E-state index is 0.0659. The summed E-state index contributed by atoms with van der Waals surface area (Å²) in [7, 11) is 0. The van der Waals surface area contributed by atoms with Crippen LogP contribution in [0.2, 0.25) is 0 Å².